The fraction of sp³-hybridized carbons (Fsp3) is 0.130. The monoisotopic (exact) mass is 527 g/mol. The molecule has 0 bridgehead atoms. The van der Waals surface area contributed by atoms with Crippen LogP contribution in [0.2, 0.25) is 0 Å². The number of hydrogen-bond donors (Lipinski definition) is 4. The molecule has 0 amide bonds. The summed E-state index contributed by atoms with van der Waals surface area (Å²) in [4.78, 5) is 16.2. The lowest BCUT2D eigenvalue weighted by atomic mass is 10.2. The molecule has 1 aromatic carbocycles. The maximum Gasteiger partial charge on any atom is 0.454 e. The van der Waals surface area contributed by atoms with Gasteiger partial charge in [0.05, 0.1) is 7.11 Å². The zero-order chi connectivity index (χ0) is 26.6. The lowest BCUT2D eigenvalue weighted by molar-refractivity contribution is -0.420. The number of pyridine rings is 2. The highest BCUT2D eigenvalue weighted by atomic mass is 32.2. The molecule has 0 radical (unpaired) electrons. The molecule has 3 heterocycles. The predicted octanol–water partition coefficient (Wildman–Crippen LogP) is 1.81. The van der Waals surface area contributed by atoms with E-state index >= 15 is 0 Å². The molecular weight excluding hydrogens is 506 g/mol. The van der Waals surface area contributed by atoms with E-state index in [1.807, 2.05) is 0 Å². The Hall–Kier alpha value is -4.37. The van der Waals surface area contributed by atoms with Crippen molar-refractivity contribution in [1.29, 1.82) is 0 Å². The quantitative estimate of drug-likeness (QED) is 0.232. The molecule has 13 nitrogen and oxygen atoms in total. The largest absolute Gasteiger partial charge is 0.493 e. The van der Waals surface area contributed by atoms with Crippen LogP contribution in [0.25, 0.3) is 11.4 Å². The van der Waals surface area contributed by atoms with Crippen LogP contribution in [0.4, 0.5) is 5.82 Å². The minimum Gasteiger partial charge on any atom is -0.493 e. The first kappa shape index (κ1) is 25.7. The van der Waals surface area contributed by atoms with Crippen molar-refractivity contribution in [2.24, 2.45) is 0 Å². The molecule has 0 fully saturated rings. The van der Waals surface area contributed by atoms with Gasteiger partial charge in [-0.05, 0) is 42.8 Å². The van der Waals surface area contributed by atoms with Crippen molar-refractivity contribution in [3.05, 3.63) is 72.7 Å². The van der Waals surface area contributed by atoms with Crippen LogP contribution < -0.4 is 18.9 Å². The first-order chi connectivity index (χ1) is 17.6. The number of aromatic nitrogens is 4. The van der Waals surface area contributed by atoms with E-state index in [2.05, 4.69) is 24.7 Å². The van der Waals surface area contributed by atoms with Gasteiger partial charge in [-0.1, -0.05) is 18.2 Å². The third-order valence-corrected chi connectivity index (χ3v) is 5.93. The Morgan fingerprint density at radius 3 is 2.27 bits per heavy atom. The average Bonchev–Trinajstić information content (AvgIpc) is 2.85. The van der Waals surface area contributed by atoms with E-state index in [-0.39, 0.29) is 22.3 Å². The molecular formula is C23H21N5O8S. The molecule has 37 heavy (non-hydrogen) atoms. The third kappa shape index (κ3) is 6.25. The molecule has 14 heteroatoms. The topological polar surface area (TPSA) is 186 Å². The van der Waals surface area contributed by atoms with Crippen LogP contribution in [-0.4, -0.2) is 56.9 Å². The zero-order valence-corrected chi connectivity index (χ0v) is 20.2. The molecule has 0 spiro atoms. The first-order valence-corrected chi connectivity index (χ1v) is 12.0. The standard InChI is InChI=1S/C23H21N5O8S/c1-14-7-8-18(25-13-14)37(32,33)28-21-19(35-17-6-4-3-5-16(17)34-2)22(36-23(29,30)31)27-20(26-21)15-9-11-24-12-10-15/h3-13,29-31H,1-2H3,(H,26,27,28). The van der Waals surface area contributed by atoms with Crippen LogP contribution in [0.5, 0.6) is 23.1 Å². The number of rotatable bonds is 9. The number of benzene rings is 1. The summed E-state index contributed by atoms with van der Waals surface area (Å²) in [6.07, 6.45) is 0.548. The van der Waals surface area contributed by atoms with Gasteiger partial charge in [0.15, 0.2) is 28.2 Å². The lowest BCUT2D eigenvalue weighted by Crippen LogP contribution is -2.35. The molecule has 0 unspecified atom stereocenters. The molecule has 4 rings (SSSR count). The summed E-state index contributed by atoms with van der Waals surface area (Å²) in [5, 5.41) is 28.3. The second-order valence-electron chi connectivity index (χ2n) is 7.47. The lowest BCUT2D eigenvalue weighted by Gasteiger charge is -2.20. The number of sulfonamides is 1. The van der Waals surface area contributed by atoms with Gasteiger partial charge in [-0.3, -0.25) is 9.71 Å². The Kier molecular flexibility index (Phi) is 7.17. The minimum absolute atomic E-state index is 0.0726. The van der Waals surface area contributed by atoms with Crippen molar-refractivity contribution in [2.45, 2.75) is 18.1 Å². The number of aryl methyl sites for hydroxylation is 1. The SMILES string of the molecule is COc1ccccc1Oc1c(NS(=O)(=O)c2ccc(C)cn2)nc(-c2ccncc2)nc1OC(O)(O)O. The highest BCUT2D eigenvalue weighted by molar-refractivity contribution is 7.92. The van der Waals surface area contributed by atoms with Crippen LogP contribution in [0.3, 0.4) is 0 Å². The van der Waals surface area contributed by atoms with E-state index < -0.39 is 33.6 Å². The molecule has 0 aliphatic rings. The second-order valence-corrected chi connectivity index (χ2v) is 9.10. The number of para-hydroxylation sites is 2. The average molecular weight is 528 g/mol. The van der Waals surface area contributed by atoms with E-state index in [4.69, 9.17) is 14.2 Å². The number of nitrogens with zero attached hydrogens (tertiary/aromatic N) is 4. The Morgan fingerprint density at radius 2 is 1.65 bits per heavy atom. The molecule has 0 atom stereocenters. The first-order valence-electron chi connectivity index (χ1n) is 10.5. The van der Waals surface area contributed by atoms with Gasteiger partial charge in [-0.15, -0.1) is 0 Å². The maximum atomic E-state index is 13.2. The van der Waals surface area contributed by atoms with Gasteiger partial charge >= 0.3 is 6.16 Å². The van der Waals surface area contributed by atoms with E-state index in [1.165, 1.54) is 50.0 Å². The van der Waals surface area contributed by atoms with Crippen LogP contribution in [0.15, 0.2) is 72.1 Å². The van der Waals surface area contributed by atoms with Gasteiger partial charge in [0.1, 0.15) is 0 Å². The normalized spacial score (nSPS) is 11.6. The summed E-state index contributed by atoms with van der Waals surface area (Å²) >= 11 is 0. The number of anilines is 1. The molecule has 3 aromatic heterocycles. The van der Waals surface area contributed by atoms with Crippen LogP contribution in [-0.2, 0) is 10.0 Å². The summed E-state index contributed by atoms with van der Waals surface area (Å²) in [6.45, 7) is 1.75. The Balaban J connectivity index is 1.92. The third-order valence-electron chi connectivity index (χ3n) is 4.68. The Bertz CT molecular complexity index is 1490. The summed E-state index contributed by atoms with van der Waals surface area (Å²) in [6, 6.07) is 12.2. The van der Waals surface area contributed by atoms with E-state index in [9.17, 15) is 23.7 Å². The predicted molar refractivity (Wildman–Crippen MR) is 128 cm³/mol. The Labute approximate surface area is 211 Å². The molecule has 192 valence electrons. The number of methoxy groups -OCH3 is 1. The van der Waals surface area contributed by atoms with E-state index in [1.54, 1.807) is 31.2 Å². The molecule has 4 aromatic rings. The summed E-state index contributed by atoms with van der Waals surface area (Å²) in [7, 11) is -2.95. The van der Waals surface area contributed by atoms with Gasteiger partial charge < -0.3 is 29.5 Å². The van der Waals surface area contributed by atoms with Crippen molar-refractivity contribution in [1.82, 2.24) is 19.9 Å². The van der Waals surface area contributed by atoms with Gasteiger partial charge in [0.25, 0.3) is 15.9 Å². The zero-order valence-electron chi connectivity index (χ0n) is 19.4. The minimum atomic E-state index is -4.34. The van der Waals surface area contributed by atoms with E-state index in [0.717, 1.165) is 5.56 Å². The highest BCUT2D eigenvalue weighted by Gasteiger charge is 2.31. The van der Waals surface area contributed by atoms with Crippen LogP contribution in [0.1, 0.15) is 5.56 Å². The van der Waals surface area contributed by atoms with Crippen molar-refractivity contribution in [3.63, 3.8) is 0 Å². The number of nitrogens with one attached hydrogen (secondary N) is 1. The number of ether oxygens (including phenoxy) is 3. The molecule has 0 aliphatic heterocycles. The number of aliphatic hydroxyl groups is 3. The molecule has 0 aliphatic carbocycles. The molecule has 0 saturated heterocycles. The fourth-order valence-electron chi connectivity index (χ4n) is 3.03. The van der Waals surface area contributed by atoms with Gasteiger partial charge in [-0.2, -0.15) is 13.4 Å². The molecule has 0 saturated carbocycles. The maximum absolute atomic E-state index is 13.2. The number of hydrogen-bond acceptors (Lipinski definition) is 12. The highest BCUT2D eigenvalue weighted by Crippen LogP contribution is 2.42. The van der Waals surface area contributed by atoms with Crippen LogP contribution in [0, 0.1) is 6.92 Å². The second kappa shape index (κ2) is 10.3. The van der Waals surface area contributed by atoms with Gasteiger partial charge in [0.2, 0.25) is 5.75 Å². The summed E-state index contributed by atoms with van der Waals surface area (Å²) in [5.41, 5.74) is 1.10. The van der Waals surface area contributed by atoms with Crippen molar-refractivity contribution in [2.75, 3.05) is 11.8 Å². The fourth-order valence-corrected chi connectivity index (χ4v) is 3.96. The van der Waals surface area contributed by atoms with Crippen molar-refractivity contribution in [3.8, 4) is 34.5 Å². The van der Waals surface area contributed by atoms with Crippen LogP contribution >= 0.6 is 0 Å². The summed E-state index contributed by atoms with van der Waals surface area (Å²) < 4.78 is 44.5. The van der Waals surface area contributed by atoms with E-state index in [0.29, 0.717) is 5.56 Å². The van der Waals surface area contributed by atoms with Gasteiger partial charge in [0, 0.05) is 24.2 Å². The molecule has 4 N–H and O–H groups in total. The summed E-state index contributed by atoms with van der Waals surface area (Å²) in [5.74, 6) is -1.50. The Morgan fingerprint density at radius 1 is 0.946 bits per heavy atom. The van der Waals surface area contributed by atoms with Crippen molar-refractivity contribution >= 4 is 15.8 Å². The smallest absolute Gasteiger partial charge is 0.454 e. The van der Waals surface area contributed by atoms with Crippen molar-refractivity contribution < 1.29 is 37.9 Å². The van der Waals surface area contributed by atoms with Gasteiger partial charge in [-0.25, -0.2) is 9.97 Å².